The van der Waals surface area contributed by atoms with E-state index in [1.807, 2.05) is 6.92 Å². The molecule has 0 aliphatic rings. The second kappa shape index (κ2) is 8.11. The van der Waals surface area contributed by atoms with Gasteiger partial charge in [0.25, 0.3) is 0 Å². The maximum Gasteiger partial charge on any atom is 0.323 e. The van der Waals surface area contributed by atoms with Crippen LogP contribution in [0.4, 0.5) is 4.39 Å². The molecule has 0 amide bonds. The van der Waals surface area contributed by atoms with Gasteiger partial charge in [-0.3, -0.25) is 4.79 Å². The Morgan fingerprint density at radius 1 is 1.39 bits per heavy atom. The van der Waals surface area contributed by atoms with E-state index in [1.54, 1.807) is 19.1 Å². The highest BCUT2D eigenvalue weighted by Gasteiger charge is 2.18. The SMILES string of the molecule is CCNC(CSc1ccc(F)cc1)C(=O)OCC. The van der Waals surface area contributed by atoms with Gasteiger partial charge in [-0.15, -0.1) is 11.8 Å². The van der Waals surface area contributed by atoms with E-state index < -0.39 is 0 Å². The Morgan fingerprint density at radius 3 is 2.61 bits per heavy atom. The highest BCUT2D eigenvalue weighted by molar-refractivity contribution is 7.99. The average Bonchev–Trinajstić information content (AvgIpc) is 2.36. The second-order valence-electron chi connectivity index (χ2n) is 3.63. The molecule has 18 heavy (non-hydrogen) atoms. The van der Waals surface area contributed by atoms with Gasteiger partial charge in [-0.1, -0.05) is 6.92 Å². The van der Waals surface area contributed by atoms with Gasteiger partial charge >= 0.3 is 5.97 Å². The lowest BCUT2D eigenvalue weighted by Gasteiger charge is -2.15. The van der Waals surface area contributed by atoms with Crippen LogP contribution in [0, 0.1) is 5.82 Å². The number of esters is 1. The topological polar surface area (TPSA) is 38.3 Å². The van der Waals surface area contributed by atoms with Crippen LogP contribution >= 0.6 is 11.8 Å². The van der Waals surface area contributed by atoms with Gasteiger partial charge in [-0.05, 0) is 37.7 Å². The summed E-state index contributed by atoms with van der Waals surface area (Å²) in [5, 5.41) is 3.08. The summed E-state index contributed by atoms with van der Waals surface area (Å²) in [5.41, 5.74) is 0. The van der Waals surface area contributed by atoms with Crippen LogP contribution in [0.25, 0.3) is 0 Å². The first kappa shape index (κ1) is 15.0. The zero-order valence-electron chi connectivity index (χ0n) is 10.6. The monoisotopic (exact) mass is 271 g/mol. The van der Waals surface area contributed by atoms with Crippen LogP contribution in [0.3, 0.4) is 0 Å². The summed E-state index contributed by atoms with van der Waals surface area (Å²) in [6.07, 6.45) is 0. The van der Waals surface area contributed by atoms with Crippen LogP contribution in [-0.2, 0) is 9.53 Å². The van der Waals surface area contributed by atoms with Gasteiger partial charge < -0.3 is 10.1 Å². The Bertz CT molecular complexity index is 370. The molecule has 100 valence electrons. The number of thioether (sulfide) groups is 1. The smallest absolute Gasteiger partial charge is 0.323 e. The largest absolute Gasteiger partial charge is 0.465 e. The molecule has 1 N–H and O–H groups in total. The van der Waals surface area contributed by atoms with Crippen molar-refractivity contribution in [2.24, 2.45) is 0 Å². The average molecular weight is 271 g/mol. The van der Waals surface area contributed by atoms with Crippen molar-refractivity contribution in [2.75, 3.05) is 18.9 Å². The van der Waals surface area contributed by atoms with Gasteiger partial charge in [0.1, 0.15) is 11.9 Å². The Labute approximate surface area is 111 Å². The van der Waals surface area contributed by atoms with Gasteiger partial charge in [0.15, 0.2) is 0 Å². The van der Waals surface area contributed by atoms with Gasteiger partial charge in [0.05, 0.1) is 6.61 Å². The Balaban J connectivity index is 2.51. The van der Waals surface area contributed by atoms with Crippen LogP contribution in [0.5, 0.6) is 0 Å². The summed E-state index contributed by atoms with van der Waals surface area (Å²) in [5.74, 6) is 0.0696. The molecule has 1 atom stereocenters. The summed E-state index contributed by atoms with van der Waals surface area (Å²) in [4.78, 5) is 12.6. The summed E-state index contributed by atoms with van der Waals surface area (Å²) >= 11 is 1.50. The van der Waals surface area contributed by atoms with E-state index in [0.717, 1.165) is 4.90 Å². The van der Waals surface area contributed by atoms with Crippen LogP contribution in [0.2, 0.25) is 0 Å². The highest BCUT2D eigenvalue weighted by atomic mass is 32.2. The number of hydrogen-bond donors (Lipinski definition) is 1. The molecule has 0 aliphatic carbocycles. The Kier molecular flexibility index (Phi) is 6.75. The molecular weight excluding hydrogens is 253 g/mol. The zero-order chi connectivity index (χ0) is 13.4. The normalized spacial score (nSPS) is 12.2. The third-order valence-electron chi connectivity index (χ3n) is 2.25. The molecule has 0 heterocycles. The minimum absolute atomic E-state index is 0.242. The van der Waals surface area contributed by atoms with Crippen molar-refractivity contribution >= 4 is 17.7 Å². The number of ether oxygens (including phenoxy) is 1. The van der Waals surface area contributed by atoms with E-state index in [4.69, 9.17) is 4.74 Å². The first-order chi connectivity index (χ1) is 8.67. The fourth-order valence-electron chi connectivity index (χ4n) is 1.41. The number of hydrogen-bond acceptors (Lipinski definition) is 4. The number of halogens is 1. The maximum absolute atomic E-state index is 12.7. The molecule has 0 aromatic heterocycles. The van der Waals surface area contributed by atoms with Gasteiger partial charge in [0, 0.05) is 10.6 Å². The predicted octanol–water partition coefficient (Wildman–Crippen LogP) is 2.46. The van der Waals surface area contributed by atoms with Crippen molar-refractivity contribution in [1.82, 2.24) is 5.32 Å². The van der Waals surface area contributed by atoms with Gasteiger partial charge in [-0.2, -0.15) is 0 Å². The van der Waals surface area contributed by atoms with E-state index in [9.17, 15) is 9.18 Å². The van der Waals surface area contributed by atoms with Crippen LogP contribution in [-0.4, -0.2) is 30.9 Å². The van der Waals surface area contributed by atoms with E-state index in [0.29, 0.717) is 18.9 Å². The molecule has 0 saturated heterocycles. The zero-order valence-corrected chi connectivity index (χ0v) is 11.4. The van der Waals surface area contributed by atoms with Crippen molar-refractivity contribution in [2.45, 2.75) is 24.8 Å². The van der Waals surface area contributed by atoms with Crippen LogP contribution in [0.1, 0.15) is 13.8 Å². The number of carbonyl (C=O) groups is 1. The third-order valence-corrected chi connectivity index (χ3v) is 3.36. The fourth-order valence-corrected chi connectivity index (χ4v) is 2.35. The predicted molar refractivity (Wildman–Crippen MR) is 71.2 cm³/mol. The summed E-state index contributed by atoms with van der Waals surface area (Å²) < 4.78 is 17.7. The summed E-state index contributed by atoms with van der Waals surface area (Å²) in [6, 6.07) is 5.90. The molecule has 0 bridgehead atoms. The Hall–Kier alpha value is -1.07. The molecule has 0 fully saturated rings. The van der Waals surface area contributed by atoms with E-state index in [2.05, 4.69) is 5.32 Å². The van der Waals surface area contributed by atoms with E-state index >= 15 is 0 Å². The van der Waals surface area contributed by atoms with Crippen molar-refractivity contribution in [3.05, 3.63) is 30.1 Å². The number of likely N-dealkylation sites (N-methyl/N-ethyl adjacent to an activating group) is 1. The van der Waals surface area contributed by atoms with Crippen LogP contribution < -0.4 is 5.32 Å². The summed E-state index contributed by atoms with van der Waals surface area (Å²) in [6.45, 7) is 4.80. The third kappa shape index (κ3) is 5.06. The molecule has 0 spiro atoms. The van der Waals surface area contributed by atoms with Gasteiger partial charge in [0.2, 0.25) is 0 Å². The lowest BCUT2D eigenvalue weighted by Crippen LogP contribution is -2.40. The van der Waals surface area contributed by atoms with E-state index in [-0.39, 0.29) is 17.8 Å². The minimum Gasteiger partial charge on any atom is -0.465 e. The van der Waals surface area contributed by atoms with E-state index in [1.165, 1.54) is 23.9 Å². The van der Waals surface area contributed by atoms with Crippen LogP contribution in [0.15, 0.2) is 29.2 Å². The Morgan fingerprint density at radius 2 is 2.06 bits per heavy atom. The minimum atomic E-state index is -0.329. The quantitative estimate of drug-likeness (QED) is 0.611. The molecular formula is C13H18FNO2S. The second-order valence-corrected chi connectivity index (χ2v) is 4.72. The molecule has 5 heteroatoms. The lowest BCUT2D eigenvalue weighted by molar-refractivity contribution is -0.144. The first-order valence-corrected chi connectivity index (χ1v) is 6.94. The molecule has 0 radical (unpaired) electrons. The molecule has 0 aliphatic heterocycles. The molecule has 1 rings (SSSR count). The molecule has 0 saturated carbocycles. The highest BCUT2D eigenvalue weighted by Crippen LogP contribution is 2.19. The molecule has 3 nitrogen and oxygen atoms in total. The van der Waals surface area contributed by atoms with Crippen molar-refractivity contribution < 1.29 is 13.9 Å². The van der Waals surface area contributed by atoms with Crippen molar-refractivity contribution in [3.8, 4) is 0 Å². The summed E-state index contributed by atoms with van der Waals surface area (Å²) in [7, 11) is 0. The van der Waals surface area contributed by atoms with Gasteiger partial charge in [-0.25, -0.2) is 4.39 Å². The maximum atomic E-state index is 12.7. The molecule has 1 unspecified atom stereocenters. The fraction of sp³-hybridized carbons (Fsp3) is 0.462. The first-order valence-electron chi connectivity index (χ1n) is 5.95. The number of carbonyl (C=O) groups excluding carboxylic acids is 1. The molecule has 1 aromatic carbocycles. The number of rotatable bonds is 7. The van der Waals surface area contributed by atoms with Crippen molar-refractivity contribution in [1.29, 1.82) is 0 Å². The number of nitrogens with one attached hydrogen (secondary N) is 1. The standard InChI is InChI=1S/C13H18FNO2S/c1-3-15-12(13(16)17-4-2)9-18-11-7-5-10(14)6-8-11/h5-8,12,15H,3-4,9H2,1-2H3. The lowest BCUT2D eigenvalue weighted by atomic mass is 10.3. The van der Waals surface area contributed by atoms with Crippen molar-refractivity contribution in [3.63, 3.8) is 0 Å². The number of benzene rings is 1. The molecule has 1 aromatic rings.